The van der Waals surface area contributed by atoms with Gasteiger partial charge in [-0.05, 0) is 42.2 Å². The Morgan fingerprint density at radius 3 is 2.49 bits per heavy atom. The number of aromatic nitrogens is 4. The van der Waals surface area contributed by atoms with Gasteiger partial charge in [-0.25, -0.2) is 4.98 Å². The number of imidazole rings is 1. The van der Waals surface area contributed by atoms with Crippen molar-refractivity contribution < 1.29 is 34.4 Å². The molecular weight excluding hydrogens is 507 g/mol. The number of H-pyrrole nitrogens is 1. The fourth-order valence-corrected chi connectivity index (χ4v) is 4.72. The Bertz CT molecular complexity index is 1570. The summed E-state index contributed by atoms with van der Waals surface area (Å²) in [7, 11) is -4.91. The number of nitrogen functional groups attached to an aromatic ring is 1. The van der Waals surface area contributed by atoms with Crippen molar-refractivity contribution in [1.29, 1.82) is 0 Å². The summed E-state index contributed by atoms with van der Waals surface area (Å²) in [5, 5.41) is 33.0. The van der Waals surface area contributed by atoms with Crippen LogP contribution in [-0.4, -0.2) is 59.8 Å². The average molecular weight is 528 g/mol. The normalized spacial score (nSPS) is 22.0. The number of aromatic amines is 1. The molecule has 2 aromatic carbocycles. The van der Waals surface area contributed by atoms with Gasteiger partial charge >= 0.3 is 0 Å². The predicted molar refractivity (Wildman–Crippen MR) is 128 cm³/mol. The maximum Gasteiger partial charge on any atom is 0.280 e. The van der Waals surface area contributed by atoms with Gasteiger partial charge in [0, 0.05) is 5.69 Å². The molecule has 37 heavy (non-hydrogen) atoms. The van der Waals surface area contributed by atoms with Crippen LogP contribution in [0.4, 0.5) is 17.6 Å². The van der Waals surface area contributed by atoms with Crippen LogP contribution in [0, 0.1) is 0 Å². The highest BCUT2D eigenvalue weighted by Crippen LogP contribution is 2.35. The van der Waals surface area contributed by atoms with Gasteiger partial charge < -0.3 is 45.5 Å². The second-order valence-electron chi connectivity index (χ2n) is 8.41. The van der Waals surface area contributed by atoms with Gasteiger partial charge in [-0.3, -0.25) is 14.3 Å². The van der Waals surface area contributed by atoms with E-state index in [0.717, 1.165) is 0 Å². The minimum atomic E-state index is -4.91. The largest absolute Gasteiger partial charge is 0.807 e. The molecule has 4 aromatic rings. The lowest BCUT2D eigenvalue weighted by Gasteiger charge is -2.30. The lowest BCUT2D eigenvalue weighted by atomic mass is 10.1. The van der Waals surface area contributed by atoms with Gasteiger partial charge in [-0.15, -0.1) is 0 Å². The Balaban J connectivity index is 1.52. The van der Waals surface area contributed by atoms with Gasteiger partial charge in [-0.1, -0.05) is 30.3 Å². The lowest BCUT2D eigenvalue weighted by Crippen LogP contribution is -2.33. The standard InChI is InChI=1S/C22H23N6O8P/c23-21-26-18-15(19(32)27-21)25-22(28(18)20-17(31)16(30)14(9-29)36-20)24-12-6-4-10(5-7-12)11-2-1-3-13(8-11)37(33,34)35/h1-8,14,16-17,20,29-31H,9H2,(H,24,25)(H2,33,34,35)(H3,23,26,27,32)/p-2/t14-,16-,17-,20-/m1/s1. The number of ether oxygens (including phenoxy) is 1. The van der Waals surface area contributed by atoms with E-state index >= 15 is 0 Å². The Morgan fingerprint density at radius 1 is 1.11 bits per heavy atom. The van der Waals surface area contributed by atoms with Gasteiger partial charge in [0.05, 0.1) is 6.61 Å². The first-order valence-corrected chi connectivity index (χ1v) is 12.5. The number of hydrogen-bond acceptors (Lipinski definition) is 12. The van der Waals surface area contributed by atoms with Crippen LogP contribution in [0.3, 0.4) is 0 Å². The fraction of sp³-hybridized carbons (Fsp3) is 0.227. The van der Waals surface area contributed by atoms with Crippen molar-refractivity contribution in [3.63, 3.8) is 0 Å². The molecule has 0 bridgehead atoms. The smallest absolute Gasteiger partial charge is 0.280 e. The molecule has 7 N–H and O–H groups in total. The Morgan fingerprint density at radius 2 is 1.84 bits per heavy atom. The molecule has 1 aliphatic heterocycles. The van der Waals surface area contributed by atoms with Crippen LogP contribution < -0.4 is 31.7 Å². The summed E-state index contributed by atoms with van der Waals surface area (Å²) < 4.78 is 18.3. The van der Waals surface area contributed by atoms with Gasteiger partial charge in [0.25, 0.3) is 5.56 Å². The lowest BCUT2D eigenvalue weighted by molar-refractivity contribution is -0.307. The molecule has 194 valence electrons. The summed E-state index contributed by atoms with van der Waals surface area (Å²) in [6, 6.07) is 12.3. The molecule has 1 saturated heterocycles. The minimum Gasteiger partial charge on any atom is -0.807 e. The molecule has 15 heteroatoms. The van der Waals surface area contributed by atoms with E-state index < -0.39 is 44.3 Å². The van der Waals surface area contributed by atoms with E-state index in [1.165, 1.54) is 22.8 Å². The number of aliphatic hydroxyl groups is 3. The maximum atomic E-state index is 12.5. The molecule has 0 amide bonds. The molecule has 0 spiro atoms. The van der Waals surface area contributed by atoms with Gasteiger partial charge in [0.2, 0.25) is 11.9 Å². The highest BCUT2D eigenvalue weighted by molar-refractivity contribution is 7.57. The Kier molecular flexibility index (Phi) is 6.33. The van der Waals surface area contributed by atoms with E-state index in [1.807, 2.05) is 0 Å². The zero-order chi connectivity index (χ0) is 26.5. The van der Waals surface area contributed by atoms with E-state index in [0.29, 0.717) is 16.8 Å². The molecule has 0 aliphatic carbocycles. The average Bonchev–Trinajstić information content (AvgIpc) is 3.35. The second kappa shape index (κ2) is 9.36. The molecule has 14 nitrogen and oxygen atoms in total. The number of nitrogens with zero attached hydrogens (tertiary/aromatic N) is 3. The number of aliphatic hydroxyl groups excluding tert-OH is 3. The molecule has 3 heterocycles. The number of anilines is 3. The molecule has 0 radical (unpaired) electrons. The molecule has 1 aliphatic rings. The van der Waals surface area contributed by atoms with Crippen LogP contribution in [0.25, 0.3) is 22.3 Å². The first-order valence-electron chi connectivity index (χ1n) is 11.0. The third-order valence-corrected chi connectivity index (χ3v) is 6.89. The maximum absolute atomic E-state index is 12.5. The number of nitrogens with two attached hydrogens (primary N) is 1. The van der Waals surface area contributed by atoms with Gasteiger partial charge in [0.1, 0.15) is 18.3 Å². The highest BCUT2D eigenvalue weighted by atomic mass is 31.2. The van der Waals surface area contributed by atoms with Crippen molar-refractivity contribution in [2.45, 2.75) is 24.5 Å². The third-order valence-electron chi connectivity index (χ3n) is 5.98. The van der Waals surface area contributed by atoms with Gasteiger partial charge in [-0.2, -0.15) is 4.98 Å². The third kappa shape index (κ3) is 4.63. The zero-order valence-electron chi connectivity index (χ0n) is 18.9. The van der Waals surface area contributed by atoms with E-state index in [-0.39, 0.29) is 28.4 Å². The molecule has 0 unspecified atom stereocenters. The summed E-state index contributed by atoms with van der Waals surface area (Å²) in [6.45, 7) is -0.558. The Labute approximate surface area is 208 Å². The van der Waals surface area contributed by atoms with Crippen molar-refractivity contribution in [3.05, 3.63) is 58.9 Å². The van der Waals surface area contributed by atoms with Crippen LogP contribution in [0.2, 0.25) is 0 Å². The SMILES string of the molecule is Nc1nc2c(nc(Nc3ccc(-c4cccc(P(=O)([O-])[O-])c4)cc3)n2[C@@H]2O[C@H](CO)[C@@H](O)[C@H]2O)c(=O)[nH]1. The number of fused-ring (bicyclic) bond motifs is 1. The second-order valence-corrected chi connectivity index (χ2v) is 9.92. The molecule has 1 fully saturated rings. The van der Waals surface area contributed by atoms with Crippen LogP contribution >= 0.6 is 7.60 Å². The number of hydrogen-bond donors (Lipinski definition) is 6. The van der Waals surface area contributed by atoms with Crippen molar-refractivity contribution in [2.75, 3.05) is 17.7 Å². The van der Waals surface area contributed by atoms with Crippen molar-refractivity contribution in [1.82, 2.24) is 19.5 Å². The van der Waals surface area contributed by atoms with E-state index in [4.69, 9.17) is 10.5 Å². The number of benzene rings is 2. The topological polar surface area (TPSA) is 235 Å². The number of rotatable bonds is 6. The highest BCUT2D eigenvalue weighted by Gasteiger charge is 2.45. The van der Waals surface area contributed by atoms with Crippen LogP contribution in [0.5, 0.6) is 0 Å². The molecule has 5 rings (SSSR count). The van der Waals surface area contributed by atoms with Crippen molar-refractivity contribution in [3.8, 4) is 11.1 Å². The summed E-state index contributed by atoms with van der Waals surface area (Å²) >= 11 is 0. The molecule has 4 atom stereocenters. The van der Waals surface area contributed by atoms with E-state index in [9.17, 15) is 34.5 Å². The fourth-order valence-electron chi connectivity index (χ4n) is 4.15. The first kappa shape index (κ1) is 25.0. The van der Waals surface area contributed by atoms with Crippen LogP contribution in [0.15, 0.2) is 53.3 Å². The molecular formula is C22H21N6O8P-2. The zero-order valence-corrected chi connectivity index (χ0v) is 19.8. The molecule has 0 saturated carbocycles. The summed E-state index contributed by atoms with van der Waals surface area (Å²) in [5.74, 6) is -0.175. The van der Waals surface area contributed by atoms with Crippen molar-refractivity contribution >= 4 is 41.6 Å². The number of nitrogens with one attached hydrogen (secondary N) is 2. The summed E-state index contributed by atoms with van der Waals surface area (Å²) in [5.41, 5.74) is 6.55. The van der Waals surface area contributed by atoms with Crippen molar-refractivity contribution in [2.24, 2.45) is 0 Å². The van der Waals surface area contributed by atoms with E-state index in [1.54, 1.807) is 30.3 Å². The quantitative estimate of drug-likeness (QED) is 0.153. The molecule has 2 aromatic heterocycles. The summed E-state index contributed by atoms with van der Waals surface area (Å²) in [6.07, 6.45) is -5.23. The summed E-state index contributed by atoms with van der Waals surface area (Å²) in [4.78, 5) is 45.9. The van der Waals surface area contributed by atoms with Crippen LogP contribution in [-0.2, 0) is 9.30 Å². The van der Waals surface area contributed by atoms with Crippen LogP contribution in [0.1, 0.15) is 6.23 Å². The predicted octanol–water partition coefficient (Wildman–Crippen LogP) is -1.74. The van der Waals surface area contributed by atoms with E-state index in [2.05, 4.69) is 20.3 Å². The minimum absolute atomic E-state index is 0.0216. The Hall–Kier alpha value is -3.62. The first-order chi connectivity index (χ1) is 17.6. The monoisotopic (exact) mass is 528 g/mol. The van der Waals surface area contributed by atoms with Gasteiger partial charge in [0.15, 0.2) is 17.4 Å².